The predicted molar refractivity (Wildman–Crippen MR) is 80.6 cm³/mol. The number of amides is 1. The molecule has 19 heavy (non-hydrogen) atoms. The monoisotopic (exact) mass is 275 g/mol. The molecular weight excluding hydrogens is 258 g/mol. The van der Waals surface area contributed by atoms with Crippen LogP contribution >= 0.6 is 11.6 Å². The van der Waals surface area contributed by atoms with E-state index >= 15 is 0 Å². The van der Waals surface area contributed by atoms with Crippen LogP contribution in [-0.2, 0) is 11.2 Å². The Labute approximate surface area is 118 Å². The molecule has 2 aromatic carbocycles. The summed E-state index contributed by atoms with van der Waals surface area (Å²) in [5, 5.41) is 5.19. The van der Waals surface area contributed by atoms with E-state index in [2.05, 4.69) is 17.4 Å². The molecule has 2 nitrogen and oxygen atoms in total. The van der Waals surface area contributed by atoms with Crippen molar-refractivity contribution in [1.29, 1.82) is 0 Å². The van der Waals surface area contributed by atoms with Crippen molar-refractivity contribution < 1.29 is 4.79 Å². The van der Waals surface area contributed by atoms with Crippen LogP contribution in [0.15, 0.2) is 42.5 Å². The maximum absolute atomic E-state index is 11.9. The zero-order valence-corrected chi connectivity index (χ0v) is 11.8. The molecule has 1 atom stereocenters. The highest BCUT2D eigenvalue weighted by atomic mass is 35.5. The first-order valence-electron chi connectivity index (χ1n) is 6.58. The molecule has 0 aliphatic heterocycles. The molecule has 0 radical (unpaired) electrons. The van der Waals surface area contributed by atoms with Crippen molar-refractivity contribution in [3.05, 3.63) is 48.0 Å². The second-order valence-electron chi connectivity index (χ2n) is 4.62. The van der Waals surface area contributed by atoms with E-state index in [0.29, 0.717) is 13.0 Å². The van der Waals surface area contributed by atoms with E-state index < -0.39 is 0 Å². The quantitative estimate of drug-likeness (QED) is 0.831. The lowest BCUT2D eigenvalue weighted by molar-refractivity contribution is -0.120. The normalized spacial score (nSPS) is 12.3. The zero-order valence-electron chi connectivity index (χ0n) is 11.0. The number of carbonyl (C=O) groups excluding carboxylic acids is 1. The van der Waals surface area contributed by atoms with Crippen LogP contribution in [0.4, 0.5) is 0 Å². The minimum atomic E-state index is 0.0106. The Kier molecular flexibility index (Phi) is 4.80. The number of benzene rings is 2. The lowest BCUT2D eigenvalue weighted by Gasteiger charge is -2.10. The van der Waals surface area contributed by atoms with Crippen molar-refractivity contribution in [2.75, 3.05) is 6.54 Å². The number of hydrogen-bond acceptors (Lipinski definition) is 1. The van der Waals surface area contributed by atoms with Gasteiger partial charge in [0, 0.05) is 6.54 Å². The Morgan fingerprint density at radius 2 is 1.95 bits per heavy atom. The second-order valence-corrected chi connectivity index (χ2v) is 5.24. The van der Waals surface area contributed by atoms with Crippen molar-refractivity contribution in [3.8, 4) is 0 Å². The summed E-state index contributed by atoms with van der Waals surface area (Å²) in [6, 6.07) is 14.2. The number of hydrogen-bond donors (Lipinski definition) is 1. The van der Waals surface area contributed by atoms with Crippen LogP contribution in [-0.4, -0.2) is 17.8 Å². The molecule has 2 rings (SSSR count). The molecule has 0 aliphatic carbocycles. The molecule has 0 saturated carbocycles. The Balaban J connectivity index is 2.07. The largest absolute Gasteiger partial charge is 0.354 e. The summed E-state index contributed by atoms with van der Waals surface area (Å²) in [7, 11) is 0. The minimum Gasteiger partial charge on any atom is -0.354 e. The Hall–Kier alpha value is -1.54. The van der Waals surface area contributed by atoms with E-state index in [1.807, 2.05) is 37.3 Å². The fraction of sp³-hybridized carbons (Fsp3) is 0.312. The smallest absolute Gasteiger partial charge is 0.224 e. The molecule has 0 fully saturated rings. The van der Waals surface area contributed by atoms with Crippen LogP contribution in [0, 0.1) is 0 Å². The molecule has 1 amide bonds. The zero-order chi connectivity index (χ0) is 13.7. The van der Waals surface area contributed by atoms with Gasteiger partial charge in [0.2, 0.25) is 5.91 Å². The number of halogens is 1. The van der Waals surface area contributed by atoms with Gasteiger partial charge in [-0.15, -0.1) is 11.6 Å². The van der Waals surface area contributed by atoms with Gasteiger partial charge in [0.1, 0.15) is 0 Å². The first kappa shape index (κ1) is 13.9. The summed E-state index contributed by atoms with van der Waals surface area (Å²) in [6.07, 6.45) is 1.25. The number of fused-ring (bicyclic) bond motifs is 1. The third-order valence-electron chi connectivity index (χ3n) is 3.19. The van der Waals surface area contributed by atoms with E-state index in [9.17, 15) is 4.79 Å². The number of nitrogens with one attached hydrogen (secondary N) is 1. The van der Waals surface area contributed by atoms with Crippen LogP contribution in [0.5, 0.6) is 0 Å². The molecule has 0 aromatic heterocycles. The van der Waals surface area contributed by atoms with Crippen molar-refractivity contribution in [1.82, 2.24) is 5.32 Å². The lowest BCUT2D eigenvalue weighted by Crippen LogP contribution is -2.30. The second kappa shape index (κ2) is 6.58. The van der Waals surface area contributed by atoms with Gasteiger partial charge in [-0.3, -0.25) is 4.79 Å². The van der Waals surface area contributed by atoms with E-state index in [1.54, 1.807) is 0 Å². The van der Waals surface area contributed by atoms with Gasteiger partial charge in [-0.05, 0) is 22.8 Å². The third-order valence-corrected chi connectivity index (χ3v) is 3.66. The molecule has 1 N–H and O–H groups in total. The van der Waals surface area contributed by atoms with Crippen molar-refractivity contribution in [3.63, 3.8) is 0 Å². The van der Waals surface area contributed by atoms with Crippen LogP contribution in [0.25, 0.3) is 10.8 Å². The van der Waals surface area contributed by atoms with Gasteiger partial charge in [-0.2, -0.15) is 0 Å². The molecule has 2 aromatic rings. The summed E-state index contributed by atoms with van der Waals surface area (Å²) >= 11 is 5.99. The molecule has 0 aliphatic rings. The maximum atomic E-state index is 11.9. The fourth-order valence-electron chi connectivity index (χ4n) is 2.05. The first-order valence-corrected chi connectivity index (χ1v) is 7.01. The maximum Gasteiger partial charge on any atom is 0.224 e. The molecule has 3 heteroatoms. The van der Waals surface area contributed by atoms with Gasteiger partial charge in [-0.1, -0.05) is 49.4 Å². The van der Waals surface area contributed by atoms with Gasteiger partial charge >= 0.3 is 0 Å². The van der Waals surface area contributed by atoms with E-state index in [4.69, 9.17) is 11.6 Å². The van der Waals surface area contributed by atoms with Crippen molar-refractivity contribution in [2.45, 2.75) is 25.1 Å². The van der Waals surface area contributed by atoms with Gasteiger partial charge in [0.05, 0.1) is 11.8 Å². The Morgan fingerprint density at radius 3 is 2.74 bits per heavy atom. The summed E-state index contributed by atoms with van der Waals surface area (Å²) in [5.74, 6) is 0.0236. The summed E-state index contributed by atoms with van der Waals surface area (Å²) < 4.78 is 0. The number of alkyl halides is 1. The third kappa shape index (κ3) is 3.71. The number of carbonyl (C=O) groups is 1. The average molecular weight is 276 g/mol. The van der Waals surface area contributed by atoms with Crippen LogP contribution in [0.1, 0.15) is 18.9 Å². The molecule has 1 unspecified atom stereocenters. The predicted octanol–water partition coefficient (Wildman–Crippen LogP) is 3.52. The highest BCUT2D eigenvalue weighted by Crippen LogP contribution is 2.18. The van der Waals surface area contributed by atoms with E-state index in [-0.39, 0.29) is 11.3 Å². The minimum absolute atomic E-state index is 0.0106. The first-order chi connectivity index (χ1) is 9.20. The van der Waals surface area contributed by atoms with Crippen LogP contribution in [0.2, 0.25) is 0 Å². The summed E-state index contributed by atoms with van der Waals surface area (Å²) in [5.41, 5.74) is 1.05. The van der Waals surface area contributed by atoms with E-state index in [0.717, 1.165) is 22.8 Å². The molecular formula is C16H18ClNO. The van der Waals surface area contributed by atoms with Crippen molar-refractivity contribution in [2.24, 2.45) is 0 Å². The van der Waals surface area contributed by atoms with E-state index in [1.165, 1.54) is 0 Å². The van der Waals surface area contributed by atoms with Gasteiger partial charge in [-0.25, -0.2) is 0 Å². The molecule has 0 heterocycles. The molecule has 0 saturated heterocycles. The summed E-state index contributed by atoms with van der Waals surface area (Å²) in [4.78, 5) is 11.9. The molecule has 100 valence electrons. The standard InChI is InChI=1S/C16H18ClNO/c1-2-14(17)11-18-16(19)10-13-8-5-7-12-6-3-4-9-15(12)13/h3-9,14H,2,10-11H2,1H3,(H,18,19). The Morgan fingerprint density at radius 1 is 1.21 bits per heavy atom. The summed E-state index contributed by atoms with van der Waals surface area (Å²) in [6.45, 7) is 2.54. The fourth-order valence-corrected chi connectivity index (χ4v) is 2.13. The van der Waals surface area contributed by atoms with Gasteiger partial charge in [0.15, 0.2) is 0 Å². The van der Waals surface area contributed by atoms with Gasteiger partial charge < -0.3 is 5.32 Å². The Bertz CT molecular complexity index is 562. The lowest BCUT2D eigenvalue weighted by atomic mass is 10.0. The SMILES string of the molecule is CCC(Cl)CNC(=O)Cc1cccc2ccccc12. The highest BCUT2D eigenvalue weighted by Gasteiger charge is 2.08. The van der Waals surface area contributed by atoms with Gasteiger partial charge in [0.25, 0.3) is 0 Å². The van der Waals surface area contributed by atoms with Crippen LogP contribution < -0.4 is 5.32 Å². The molecule has 0 bridgehead atoms. The topological polar surface area (TPSA) is 29.1 Å². The van der Waals surface area contributed by atoms with Crippen molar-refractivity contribution >= 4 is 28.3 Å². The average Bonchev–Trinajstić information content (AvgIpc) is 2.45. The molecule has 0 spiro atoms. The van der Waals surface area contributed by atoms with Crippen LogP contribution in [0.3, 0.4) is 0 Å². The number of rotatable bonds is 5. The highest BCUT2D eigenvalue weighted by molar-refractivity contribution is 6.20.